The van der Waals surface area contributed by atoms with Gasteiger partial charge in [0, 0.05) is 17.7 Å². The van der Waals surface area contributed by atoms with Crippen LogP contribution in [0.3, 0.4) is 0 Å². The number of carbonyl (C=O) groups excluding carboxylic acids is 1. The summed E-state index contributed by atoms with van der Waals surface area (Å²) in [5, 5.41) is 9.80. The highest BCUT2D eigenvalue weighted by Crippen LogP contribution is 2.35. The molecule has 0 saturated heterocycles. The fraction of sp³-hybridized carbons (Fsp3) is 0.143. The predicted octanol–water partition coefficient (Wildman–Crippen LogP) is 4.25. The Bertz CT molecular complexity index is 1220. The maximum atomic E-state index is 13.6. The third-order valence-corrected chi connectivity index (χ3v) is 5.92. The summed E-state index contributed by atoms with van der Waals surface area (Å²) in [7, 11) is -3.42. The number of hydrazone groups is 1. The summed E-state index contributed by atoms with van der Waals surface area (Å²) in [5.74, 6) is -0.887. The molecule has 30 heavy (non-hydrogen) atoms. The molecule has 154 valence electrons. The van der Waals surface area contributed by atoms with Gasteiger partial charge in [0.2, 0.25) is 10.0 Å². The number of benzene rings is 2. The van der Waals surface area contributed by atoms with E-state index < -0.39 is 21.7 Å². The highest BCUT2D eigenvalue weighted by molar-refractivity contribution is 7.92. The minimum absolute atomic E-state index is 0.215. The van der Waals surface area contributed by atoms with Crippen LogP contribution in [0.25, 0.3) is 0 Å². The quantitative estimate of drug-likeness (QED) is 0.640. The maximum absolute atomic E-state index is 13.6. The first-order valence-electron chi connectivity index (χ1n) is 9.07. The normalized spacial score (nSPS) is 16.4. The molecule has 4 rings (SSSR count). The Morgan fingerprint density at radius 3 is 2.70 bits per heavy atom. The molecule has 3 aromatic rings. The van der Waals surface area contributed by atoms with Crippen molar-refractivity contribution < 1.29 is 17.6 Å². The minimum Gasteiger partial charge on any atom is -0.284 e. The van der Waals surface area contributed by atoms with E-state index in [-0.39, 0.29) is 11.6 Å². The van der Waals surface area contributed by atoms with Crippen molar-refractivity contribution in [1.82, 2.24) is 5.01 Å². The molecule has 0 spiro atoms. The second-order valence-electron chi connectivity index (χ2n) is 6.94. The van der Waals surface area contributed by atoms with Crippen molar-refractivity contribution in [2.75, 3.05) is 11.0 Å². The van der Waals surface area contributed by atoms with Crippen molar-refractivity contribution in [3.63, 3.8) is 0 Å². The van der Waals surface area contributed by atoms with Crippen molar-refractivity contribution in [1.29, 1.82) is 0 Å². The second kappa shape index (κ2) is 8.00. The molecule has 2 aromatic carbocycles. The van der Waals surface area contributed by atoms with E-state index in [4.69, 9.17) is 0 Å². The lowest BCUT2D eigenvalue weighted by molar-refractivity contribution is 0.0711. The van der Waals surface area contributed by atoms with E-state index in [9.17, 15) is 17.6 Å². The van der Waals surface area contributed by atoms with E-state index in [1.54, 1.807) is 24.3 Å². The number of nitrogens with zero attached hydrogens (tertiary/aromatic N) is 2. The highest BCUT2D eigenvalue weighted by atomic mass is 32.2. The van der Waals surface area contributed by atoms with Crippen molar-refractivity contribution in [3.8, 4) is 0 Å². The van der Waals surface area contributed by atoms with Crippen LogP contribution >= 0.6 is 11.3 Å². The van der Waals surface area contributed by atoms with Gasteiger partial charge in [0.25, 0.3) is 5.91 Å². The van der Waals surface area contributed by atoms with Crippen molar-refractivity contribution in [2.24, 2.45) is 5.10 Å². The topological polar surface area (TPSA) is 78.8 Å². The van der Waals surface area contributed by atoms with Crippen molar-refractivity contribution in [3.05, 3.63) is 87.9 Å². The van der Waals surface area contributed by atoms with Crippen LogP contribution < -0.4 is 4.72 Å². The Kier molecular flexibility index (Phi) is 5.40. The summed E-state index contributed by atoms with van der Waals surface area (Å²) >= 11 is 1.52. The molecule has 0 saturated carbocycles. The summed E-state index contributed by atoms with van der Waals surface area (Å²) in [6.07, 6.45) is 1.54. The van der Waals surface area contributed by atoms with Gasteiger partial charge in [-0.1, -0.05) is 18.2 Å². The highest BCUT2D eigenvalue weighted by Gasteiger charge is 2.34. The lowest BCUT2D eigenvalue weighted by Crippen LogP contribution is -2.26. The Hall–Kier alpha value is -3.04. The first-order chi connectivity index (χ1) is 14.3. The summed E-state index contributed by atoms with van der Waals surface area (Å²) in [6, 6.07) is 14.0. The van der Waals surface area contributed by atoms with E-state index in [1.165, 1.54) is 34.5 Å². The van der Waals surface area contributed by atoms with Crippen molar-refractivity contribution in [2.45, 2.75) is 12.5 Å². The Morgan fingerprint density at radius 1 is 1.20 bits per heavy atom. The van der Waals surface area contributed by atoms with Gasteiger partial charge < -0.3 is 0 Å². The Balaban J connectivity index is 1.70. The molecule has 1 N–H and O–H groups in total. The molecule has 1 aliphatic heterocycles. The molecule has 0 aliphatic carbocycles. The van der Waals surface area contributed by atoms with Gasteiger partial charge in [-0.05, 0) is 58.3 Å². The number of hydrogen-bond donors (Lipinski definition) is 1. The number of hydrogen-bond acceptors (Lipinski definition) is 5. The number of carbonyl (C=O) groups is 1. The molecule has 1 aliphatic rings. The largest absolute Gasteiger partial charge is 0.284 e. The zero-order chi connectivity index (χ0) is 21.3. The van der Waals surface area contributed by atoms with Crippen LogP contribution in [0.1, 0.15) is 33.9 Å². The molecule has 2 heterocycles. The SMILES string of the molecule is CS(=O)(=O)Nc1cccc(C2=NN(C(=O)c3cccc(F)c3)C(c3ccsc3)C2)c1. The number of nitrogens with one attached hydrogen (secondary N) is 1. The Morgan fingerprint density at radius 2 is 2.00 bits per heavy atom. The van der Waals surface area contributed by atoms with Gasteiger partial charge in [0.1, 0.15) is 5.82 Å². The molecule has 1 amide bonds. The van der Waals surface area contributed by atoms with Crippen LogP contribution in [0.15, 0.2) is 70.5 Å². The molecule has 6 nitrogen and oxygen atoms in total. The van der Waals surface area contributed by atoms with E-state index in [0.717, 1.165) is 11.8 Å². The molecule has 0 fully saturated rings. The molecule has 9 heteroatoms. The van der Waals surface area contributed by atoms with Gasteiger partial charge in [-0.3, -0.25) is 9.52 Å². The standard InChI is InChI=1S/C21H18FN3O3S2/c1-30(27,28)24-18-7-3-4-14(11-18)19-12-20(16-8-9-29-13-16)25(23-19)21(26)15-5-2-6-17(22)10-15/h2-11,13,20,24H,12H2,1H3. The van der Waals surface area contributed by atoms with E-state index in [0.29, 0.717) is 23.4 Å². The van der Waals surface area contributed by atoms with Gasteiger partial charge in [-0.2, -0.15) is 16.4 Å². The third kappa shape index (κ3) is 4.42. The van der Waals surface area contributed by atoms with Gasteiger partial charge in [0.15, 0.2) is 0 Å². The van der Waals surface area contributed by atoms with E-state index in [1.807, 2.05) is 22.9 Å². The number of halogens is 1. The van der Waals surface area contributed by atoms with E-state index >= 15 is 0 Å². The lowest BCUT2D eigenvalue weighted by atomic mass is 10.00. The molecule has 1 aromatic heterocycles. The molecule has 1 atom stereocenters. The predicted molar refractivity (Wildman–Crippen MR) is 116 cm³/mol. The van der Waals surface area contributed by atoms with Crippen molar-refractivity contribution >= 4 is 38.7 Å². The van der Waals surface area contributed by atoms with Gasteiger partial charge >= 0.3 is 0 Å². The molecule has 0 radical (unpaired) electrons. The monoisotopic (exact) mass is 443 g/mol. The van der Waals surface area contributed by atoms with Crippen LogP contribution in [0.4, 0.5) is 10.1 Å². The van der Waals surface area contributed by atoms with E-state index in [2.05, 4.69) is 9.82 Å². The summed E-state index contributed by atoms with van der Waals surface area (Å²) < 4.78 is 39.2. The van der Waals surface area contributed by atoms with Crippen LogP contribution in [-0.2, 0) is 10.0 Å². The zero-order valence-electron chi connectivity index (χ0n) is 15.9. The summed E-state index contributed by atoms with van der Waals surface area (Å²) in [6.45, 7) is 0. The summed E-state index contributed by atoms with van der Waals surface area (Å²) in [5.41, 5.74) is 2.92. The van der Waals surface area contributed by atoms with Gasteiger partial charge in [-0.15, -0.1) is 0 Å². The average Bonchev–Trinajstić information content (AvgIpc) is 3.36. The number of thiophene rings is 1. The molecule has 0 bridgehead atoms. The molecular weight excluding hydrogens is 425 g/mol. The fourth-order valence-electron chi connectivity index (χ4n) is 3.33. The fourth-order valence-corrected chi connectivity index (χ4v) is 4.59. The minimum atomic E-state index is -3.42. The maximum Gasteiger partial charge on any atom is 0.274 e. The number of anilines is 1. The van der Waals surface area contributed by atoms with Crippen LogP contribution in [0, 0.1) is 5.82 Å². The molecule has 1 unspecified atom stereocenters. The Labute approximate surface area is 177 Å². The smallest absolute Gasteiger partial charge is 0.274 e. The van der Waals surface area contributed by atoms with Crippen LogP contribution in [0.2, 0.25) is 0 Å². The van der Waals surface area contributed by atoms with Gasteiger partial charge in [-0.25, -0.2) is 17.8 Å². The first-order valence-corrected chi connectivity index (χ1v) is 11.9. The first kappa shape index (κ1) is 20.2. The number of amides is 1. The number of rotatable bonds is 5. The van der Waals surface area contributed by atoms with Crippen LogP contribution in [-0.4, -0.2) is 31.3 Å². The average molecular weight is 444 g/mol. The summed E-state index contributed by atoms with van der Waals surface area (Å²) in [4.78, 5) is 13.1. The third-order valence-electron chi connectivity index (χ3n) is 4.62. The van der Waals surface area contributed by atoms with Gasteiger partial charge in [0.05, 0.1) is 18.0 Å². The number of sulfonamides is 1. The molecular formula is C21H18FN3O3S2. The second-order valence-corrected chi connectivity index (χ2v) is 9.47. The van der Waals surface area contributed by atoms with Crippen LogP contribution in [0.5, 0.6) is 0 Å². The lowest BCUT2D eigenvalue weighted by Gasteiger charge is -2.21. The zero-order valence-corrected chi connectivity index (χ0v) is 17.6.